The van der Waals surface area contributed by atoms with Crippen molar-refractivity contribution in [3.63, 3.8) is 0 Å². The zero-order valence-corrected chi connectivity index (χ0v) is 14.9. The number of hydrogen-bond acceptors (Lipinski definition) is 5. The van der Waals surface area contributed by atoms with Gasteiger partial charge in [-0.25, -0.2) is 4.79 Å². The molecule has 0 saturated heterocycles. The summed E-state index contributed by atoms with van der Waals surface area (Å²) in [5.41, 5.74) is 1.77. The van der Waals surface area contributed by atoms with E-state index in [4.69, 9.17) is 10.00 Å². The molecule has 0 atom stereocenters. The van der Waals surface area contributed by atoms with Crippen LogP contribution in [-0.4, -0.2) is 29.2 Å². The molecule has 2 aromatic rings. The van der Waals surface area contributed by atoms with Gasteiger partial charge in [0.1, 0.15) is 6.61 Å². The van der Waals surface area contributed by atoms with Gasteiger partial charge in [-0.15, -0.1) is 0 Å². The first-order valence-electron chi connectivity index (χ1n) is 8.72. The van der Waals surface area contributed by atoms with Gasteiger partial charge in [0, 0.05) is 12.1 Å². The highest BCUT2D eigenvalue weighted by molar-refractivity contribution is 6.21. The zero-order valence-electron chi connectivity index (χ0n) is 14.9. The van der Waals surface area contributed by atoms with Gasteiger partial charge in [-0.2, -0.15) is 5.26 Å². The van der Waals surface area contributed by atoms with Gasteiger partial charge in [0.2, 0.25) is 0 Å². The monoisotopic (exact) mass is 362 g/mol. The van der Waals surface area contributed by atoms with Crippen LogP contribution in [0.4, 0.5) is 0 Å². The summed E-state index contributed by atoms with van der Waals surface area (Å²) in [6.45, 7) is 2.31. The number of nitrogens with zero attached hydrogens (tertiary/aromatic N) is 2. The van der Waals surface area contributed by atoms with Crippen molar-refractivity contribution in [2.24, 2.45) is 0 Å². The summed E-state index contributed by atoms with van der Waals surface area (Å²) < 4.78 is 5.27. The summed E-state index contributed by atoms with van der Waals surface area (Å²) in [6, 6.07) is 13.3. The Hall–Kier alpha value is -3.46. The molecule has 1 heterocycles. The quantitative estimate of drug-likeness (QED) is 0.581. The number of hydrogen-bond donors (Lipinski definition) is 0. The third kappa shape index (κ3) is 3.58. The van der Waals surface area contributed by atoms with Gasteiger partial charge in [0.15, 0.2) is 0 Å². The van der Waals surface area contributed by atoms with Crippen molar-refractivity contribution in [3.8, 4) is 6.07 Å². The Morgan fingerprint density at radius 3 is 2.59 bits per heavy atom. The van der Waals surface area contributed by atoms with E-state index in [2.05, 4.69) is 0 Å². The Labute approximate surface area is 157 Å². The fourth-order valence-corrected chi connectivity index (χ4v) is 2.92. The van der Waals surface area contributed by atoms with Gasteiger partial charge in [0.25, 0.3) is 11.8 Å². The second kappa shape index (κ2) is 7.83. The maximum atomic E-state index is 12.5. The van der Waals surface area contributed by atoms with Crippen LogP contribution in [0.1, 0.15) is 62.0 Å². The normalized spacial score (nSPS) is 12.7. The first-order chi connectivity index (χ1) is 13.1. The number of fused-ring (bicyclic) bond motifs is 1. The average Bonchev–Trinajstić information content (AvgIpc) is 2.94. The molecular weight excluding hydrogens is 344 g/mol. The van der Waals surface area contributed by atoms with Crippen LogP contribution in [0.2, 0.25) is 0 Å². The number of imide groups is 1. The molecular formula is C21H18N2O4. The zero-order chi connectivity index (χ0) is 19.4. The minimum absolute atomic E-state index is 0.0465. The van der Waals surface area contributed by atoms with E-state index < -0.39 is 5.97 Å². The van der Waals surface area contributed by atoms with Crippen molar-refractivity contribution >= 4 is 17.8 Å². The van der Waals surface area contributed by atoms with Crippen molar-refractivity contribution in [3.05, 3.63) is 70.3 Å². The molecule has 0 radical (unpaired) electrons. The van der Waals surface area contributed by atoms with Crippen LogP contribution >= 0.6 is 0 Å². The first kappa shape index (κ1) is 18.3. The second-order valence-corrected chi connectivity index (χ2v) is 6.22. The third-order valence-corrected chi connectivity index (χ3v) is 4.44. The van der Waals surface area contributed by atoms with E-state index in [0.717, 1.165) is 12.8 Å². The molecule has 2 amide bonds. The van der Waals surface area contributed by atoms with Gasteiger partial charge in [-0.05, 0) is 30.7 Å². The lowest BCUT2D eigenvalue weighted by Gasteiger charge is -2.12. The van der Waals surface area contributed by atoms with Crippen LogP contribution in [0.15, 0.2) is 42.5 Å². The molecule has 3 rings (SSSR count). The predicted octanol–water partition coefficient (Wildman–Crippen LogP) is 3.31. The molecule has 1 aliphatic heterocycles. The second-order valence-electron chi connectivity index (χ2n) is 6.22. The molecule has 27 heavy (non-hydrogen) atoms. The number of benzene rings is 2. The molecule has 0 bridgehead atoms. The highest BCUT2D eigenvalue weighted by atomic mass is 16.5. The molecule has 0 spiro atoms. The van der Waals surface area contributed by atoms with Crippen molar-refractivity contribution in [1.29, 1.82) is 5.26 Å². The van der Waals surface area contributed by atoms with E-state index in [0.29, 0.717) is 23.2 Å². The van der Waals surface area contributed by atoms with Crippen molar-refractivity contribution in [2.45, 2.75) is 26.4 Å². The van der Waals surface area contributed by atoms with Gasteiger partial charge < -0.3 is 4.74 Å². The lowest BCUT2D eigenvalue weighted by Crippen LogP contribution is -2.30. The average molecular weight is 362 g/mol. The van der Waals surface area contributed by atoms with Gasteiger partial charge in [0.05, 0.1) is 28.3 Å². The molecule has 136 valence electrons. The Balaban J connectivity index is 1.75. The van der Waals surface area contributed by atoms with E-state index >= 15 is 0 Å². The highest BCUT2D eigenvalue weighted by Crippen LogP contribution is 2.25. The maximum Gasteiger partial charge on any atom is 0.338 e. The van der Waals surface area contributed by atoms with Crippen molar-refractivity contribution in [2.75, 3.05) is 6.54 Å². The van der Waals surface area contributed by atoms with Gasteiger partial charge in [-0.1, -0.05) is 31.5 Å². The molecule has 1 aliphatic rings. The number of amides is 2. The van der Waals surface area contributed by atoms with E-state index in [9.17, 15) is 14.4 Å². The van der Waals surface area contributed by atoms with Crippen LogP contribution < -0.4 is 0 Å². The molecule has 0 aromatic heterocycles. The predicted molar refractivity (Wildman–Crippen MR) is 97.0 cm³/mol. The molecule has 0 aliphatic carbocycles. The Morgan fingerprint density at radius 2 is 1.85 bits per heavy atom. The lowest BCUT2D eigenvalue weighted by atomic mass is 10.1. The maximum absolute atomic E-state index is 12.5. The number of unbranched alkanes of at least 4 members (excludes halogenated alkanes) is 1. The number of esters is 1. The van der Waals surface area contributed by atoms with Crippen molar-refractivity contribution < 1.29 is 19.1 Å². The van der Waals surface area contributed by atoms with Crippen LogP contribution in [0, 0.1) is 11.3 Å². The minimum Gasteiger partial charge on any atom is -0.457 e. The van der Waals surface area contributed by atoms with Crippen molar-refractivity contribution in [1.82, 2.24) is 4.90 Å². The fourth-order valence-electron chi connectivity index (χ4n) is 2.92. The number of carbonyl (C=O) groups is 3. The van der Waals surface area contributed by atoms with E-state index in [1.54, 1.807) is 24.3 Å². The summed E-state index contributed by atoms with van der Waals surface area (Å²) in [6.07, 6.45) is 1.60. The number of rotatable bonds is 6. The van der Waals surface area contributed by atoms with Crippen LogP contribution in [0.3, 0.4) is 0 Å². The summed E-state index contributed by atoms with van der Waals surface area (Å²) in [5.74, 6) is -1.32. The summed E-state index contributed by atoms with van der Waals surface area (Å²) in [7, 11) is 0. The van der Waals surface area contributed by atoms with Gasteiger partial charge >= 0.3 is 5.97 Å². The Morgan fingerprint density at radius 1 is 1.11 bits per heavy atom. The summed E-state index contributed by atoms with van der Waals surface area (Å²) >= 11 is 0. The van der Waals surface area contributed by atoms with Crippen LogP contribution in [0.25, 0.3) is 0 Å². The van der Waals surface area contributed by atoms with E-state index in [-0.39, 0.29) is 29.5 Å². The first-order valence-corrected chi connectivity index (χ1v) is 8.72. The van der Waals surface area contributed by atoms with E-state index in [1.807, 2.05) is 13.0 Å². The lowest BCUT2D eigenvalue weighted by molar-refractivity contribution is 0.0472. The Kier molecular flexibility index (Phi) is 5.32. The topological polar surface area (TPSA) is 87.5 Å². The molecule has 6 nitrogen and oxygen atoms in total. The van der Waals surface area contributed by atoms with Crippen LogP contribution in [0.5, 0.6) is 0 Å². The summed E-state index contributed by atoms with van der Waals surface area (Å²) in [5, 5.41) is 9.08. The molecule has 6 heteroatoms. The number of ether oxygens (including phenoxy) is 1. The van der Waals surface area contributed by atoms with Gasteiger partial charge in [-0.3, -0.25) is 14.5 Å². The van der Waals surface area contributed by atoms with E-state index in [1.165, 1.54) is 23.1 Å². The molecule has 0 unspecified atom stereocenters. The SMILES string of the molecule is CCCCN1C(=O)c2ccc(C(=O)OCc3ccccc3C#N)cc2C1=O. The Bertz CT molecular complexity index is 959. The number of carbonyl (C=O) groups excluding carboxylic acids is 3. The molecule has 0 N–H and O–H groups in total. The summed E-state index contributed by atoms with van der Waals surface area (Å²) in [4.78, 5) is 38.4. The third-order valence-electron chi connectivity index (χ3n) is 4.44. The van der Waals surface area contributed by atoms with Crippen LogP contribution in [-0.2, 0) is 11.3 Å². The molecule has 2 aromatic carbocycles. The largest absolute Gasteiger partial charge is 0.457 e. The standard InChI is InChI=1S/C21H18N2O4/c1-2-3-10-23-19(24)17-9-8-14(11-18(17)20(23)25)21(26)27-13-16-7-5-4-6-15(16)12-22/h4-9,11H,2-3,10,13H2,1H3. The number of nitriles is 1. The smallest absolute Gasteiger partial charge is 0.338 e. The minimum atomic E-state index is -0.613. The highest BCUT2D eigenvalue weighted by Gasteiger charge is 2.35. The fraction of sp³-hybridized carbons (Fsp3) is 0.238. The molecule has 0 saturated carbocycles. The molecule has 0 fully saturated rings.